The molecular weight excluding hydrogens is 237 g/mol. The van der Waals surface area contributed by atoms with E-state index < -0.39 is 11.8 Å². The normalized spacial score (nSPS) is 10.1. The summed E-state index contributed by atoms with van der Waals surface area (Å²) >= 11 is 0. The number of halogens is 1. The van der Waals surface area contributed by atoms with E-state index in [1.54, 1.807) is 19.1 Å². The van der Waals surface area contributed by atoms with Gasteiger partial charge in [-0.2, -0.15) is 0 Å². The molecule has 0 unspecified atom stereocenters. The van der Waals surface area contributed by atoms with Gasteiger partial charge in [0.05, 0.1) is 18.0 Å². The standard InChI is InChI=1S/C12H10FN3O2/c1-7-4-9(2-3-10(7)11(17)18)16-12-14-5-8(13)6-15-12/h2-6H,1H3,(H,17,18)(H,14,15,16). The fourth-order valence-electron chi connectivity index (χ4n) is 1.49. The van der Waals surface area contributed by atoms with Crippen LogP contribution in [0.2, 0.25) is 0 Å². The second kappa shape index (κ2) is 4.79. The van der Waals surface area contributed by atoms with E-state index in [9.17, 15) is 9.18 Å². The van der Waals surface area contributed by atoms with E-state index in [0.29, 0.717) is 11.3 Å². The molecule has 0 saturated heterocycles. The minimum Gasteiger partial charge on any atom is -0.478 e. The highest BCUT2D eigenvalue weighted by Gasteiger charge is 2.07. The van der Waals surface area contributed by atoms with Gasteiger partial charge in [-0.15, -0.1) is 0 Å². The van der Waals surface area contributed by atoms with Gasteiger partial charge in [-0.25, -0.2) is 19.2 Å². The molecule has 0 atom stereocenters. The van der Waals surface area contributed by atoms with Crippen molar-refractivity contribution in [2.45, 2.75) is 6.92 Å². The lowest BCUT2D eigenvalue weighted by Gasteiger charge is -2.07. The summed E-state index contributed by atoms with van der Waals surface area (Å²) < 4.78 is 12.6. The van der Waals surface area contributed by atoms with Crippen LogP contribution in [0.15, 0.2) is 30.6 Å². The van der Waals surface area contributed by atoms with Crippen LogP contribution < -0.4 is 5.32 Å². The highest BCUT2D eigenvalue weighted by atomic mass is 19.1. The Kier molecular flexibility index (Phi) is 3.18. The fourth-order valence-corrected chi connectivity index (χ4v) is 1.49. The molecule has 0 fully saturated rings. The number of rotatable bonds is 3. The Morgan fingerprint density at radius 1 is 1.33 bits per heavy atom. The Labute approximate surface area is 102 Å². The van der Waals surface area contributed by atoms with Crippen LogP contribution in [0.5, 0.6) is 0 Å². The van der Waals surface area contributed by atoms with Crippen molar-refractivity contribution in [1.82, 2.24) is 9.97 Å². The van der Waals surface area contributed by atoms with Crippen LogP contribution in [0.25, 0.3) is 0 Å². The Hall–Kier alpha value is -2.50. The number of hydrogen-bond donors (Lipinski definition) is 2. The van der Waals surface area contributed by atoms with Crippen molar-refractivity contribution in [3.63, 3.8) is 0 Å². The molecule has 2 rings (SSSR count). The van der Waals surface area contributed by atoms with Gasteiger partial charge in [-0.05, 0) is 30.7 Å². The minimum atomic E-state index is -0.975. The molecule has 18 heavy (non-hydrogen) atoms. The van der Waals surface area contributed by atoms with Gasteiger partial charge < -0.3 is 10.4 Å². The van der Waals surface area contributed by atoms with Gasteiger partial charge >= 0.3 is 5.97 Å². The van der Waals surface area contributed by atoms with Gasteiger partial charge in [0.25, 0.3) is 0 Å². The van der Waals surface area contributed by atoms with E-state index in [0.717, 1.165) is 12.4 Å². The highest BCUT2D eigenvalue weighted by Crippen LogP contribution is 2.17. The highest BCUT2D eigenvalue weighted by molar-refractivity contribution is 5.90. The number of aryl methyl sites for hydroxylation is 1. The number of benzene rings is 1. The van der Waals surface area contributed by atoms with Crippen LogP contribution in [-0.2, 0) is 0 Å². The number of nitrogens with zero attached hydrogens (tertiary/aromatic N) is 2. The van der Waals surface area contributed by atoms with Gasteiger partial charge in [0, 0.05) is 5.69 Å². The number of carboxylic acid groups (broad SMARTS) is 1. The topological polar surface area (TPSA) is 75.1 Å². The van der Waals surface area contributed by atoms with Crippen molar-refractivity contribution in [3.05, 3.63) is 47.5 Å². The molecule has 2 N–H and O–H groups in total. The molecule has 0 aliphatic rings. The molecule has 5 nitrogen and oxygen atoms in total. The zero-order valence-electron chi connectivity index (χ0n) is 9.51. The summed E-state index contributed by atoms with van der Waals surface area (Å²) in [5.74, 6) is -1.24. The first-order valence-electron chi connectivity index (χ1n) is 5.15. The van der Waals surface area contributed by atoms with Gasteiger partial charge in [0.2, 0.25) is 5.95 Å². The maximum absolute atomic E-state index is 12.6. The van der Waals surface area contributed by atoms with E-state index in [1.807, 2.05) is 0 Å². The molecule has 0 radical (unpaired) electrons. The number of nitrogens with one attached hydrogen (secondary N) is 1. The summed E-state index contributed by atoms with van der Waals surface area (Å²) in [6, 6.07) is 4.75. The van der Waals surface area contributed by atoms with Crippen molar-refractivity contribution in [1.29, 1.82) is 0 Å². The largest absolute Gasteiger partial charge is 0.478 e. The zero-order valence-corrected chi connectivity index (χ0v) is 9.51. The van der Waals surface area contributed by atoms with Gasteiger partial charge in [-0.1, -0.05) is 0 Å². The maximum Gasteiger partial charge on any atom is 0.335 e. The Morgan fingerprint density at radius 2 is 2.00 bits per heavy atom. The Balaban J connectivity index is 2.22. The van der Waals surface area contributed by atoms with E-state index in [2.05, 4.69) is 15.3 Å². The summed E-state index contributed by atoms with van der Waals surface area (Å²) in [7, 11) is 0. The number of aromatic carboxylic acids is 1. The number of carboxylic acids is 1. The van der Waals surface area contributed by atoms with Crippen molar-refractivity contribution in [2.24, 2.45) is 0 Å². The third-order valence-electron chi connectivity index (χ3n) is 2.33. The molecule has 6 heteroatoms. The molecule has 0 saturated carbocycles. The minimum absolute atomic E-state index is 0.237. The van der Waals surface area contributed by atoms with Crippen LogP contribution in [0.4, 0.5) is 16.0 Å². The van der Waals surface area contributed by atoms with E-state index in [1.165, 1.54) is 6.07 Å². The van der Waals surface area contributed by atoms with Crippen LogP contribution in [0, 0.1) is 12.7 Å². The lowest BCUT2D eigenvalue weighted by atomic mass is 10.1. The molecule has 0 amide bonds. The van der Waals surface area contributed by atoms with Crippen molar-refractivity contribution in [2.75, 3.05) is 5.32 Å². The summed E-state index contributed by atoms with van der Waals surface area (Å²) in [4.78, 5) is 18.3. The van der Waals surface area contributed by atoms with Crippen molar-refractivity contribution >= 4 is 17.6 Å². The van der Waals surface area contributed by atoms with E-state index in [-0.39, 0.29) is 11.5 Å². The summed E-state index contributed by atoms with van der Waals surface area (Å²) in [5, 5.41) is 11.7. The molecule has 1 heterocycles. The molecule has 1 aromatic carbocycles. The molecule has 2 aromatic rings. The third kappa shape index (κ3) is 2.60. The number of carbonyl (C=O) groups is 1. The predicted molar refractivity (Wildman–Crippen MR) is 63.4 cm³/mol. The first kappa shape index (κ1) is 12.0. The average Bonchev–Trinajstić information content (AvgIpc) is 2.32. The third-order valence-corrected chi connectivity index (χ3v) is 2.33. The molecule has 0 spiro atoms. The van der Waals surface area contributed by atoms with Crippen LogP contribution in [0.1, 0.15) is 15.9 Å². The Morgan fingerprint density at radius 3 is 2.56 bits per heavy atom. The first-order valence-corrected chi connectivity index (χ1v) is 5.15. The van der Waals surface area contributed by atoms with Gasteiger partial charge in [-0.3, -0.25) is 0 Å². The number of aromatic nitrogens is 2. The monoisotopic (exact) mass is 247 g/mol. The number of anilines is 2. The van der Waals surface area contributed by atoms with Crippen LogP contribution >= 0.6 is 0 Å². The smallest absolute Gasteiger partial charge is 0.335 e. The van der Waals surface area contributed by atoms with Crippen LogP contribution in [-0.4, -0.2) is 21.0 Å². The molecule has 1 aromatic heterocycles. The van der Waals surface area contributed by atoms with E-state index in [4.69, 9.17) is 5.11 Å². The predicted octanol–water partition coefficient (Wildman–Crippen LogP) is 2.37. The average molecular weight is 247 g/mol. The molecule has 0 aliphatic carbocycles. The summed E-state index contributed by atoms with van der Waals surface area (Å²) in [5.41, 5.74) is 1.50. The molecular formula is C12H10FN3O2. The molecule has 92 valence electrons. The zero-order chi connectivity index (χ0) is 13.1. The van der Waals surface area contributed by atoms with Crippen molar-refractivity contribution in [3.8, 4) is 0 Å². The SMILES string of the molecule is Cc1cc(Nc2ncc(F)cn2)ccc1C(=O)O. The Bertz CT molecular complexity index is 584. The summed E-state index contributed by atoms with van der Waals surface area (Å²) in [6.45, 7) is 1.69. The second-order valence-electron chi connectivity index (χ2n) is 3.68. The second-order valence-corrected chi connectivity index (χ2v) is 3.68. The molecule has 0 bridgehead atoms. The maximum atomic E-state index is 12.6. The van der Waals surface area contributed by atoms with Gasteiger partial charge in [0.15, 0.2) is 5.82 Å². The molecule has 0 aliphatic heterocycles. The van der Waals surface area contributed by atoms with E-state index >= 15 is 0 Å². The first-order chi connectivity index (χ1) is 8.56. The quantitative estimate of drug-likeness (QED) is 0.870. The lowest BCUT2D eigenvalue weighted by molar-refractivity contribution is 0.0696. The fraction of sp³-hybridized carbons (Fsp3) is 0.0833. The number of hydrogen-bond acceptors (Lipinski definition) is 4. The summed E-state index contributed by atoms with van der Waals surface area (Å²) in [6.07, 6.45) is 2.10. The lowest BCUT2D eigenvalue weighted by Crippen LogP contribution is -2.02. The van der Waals surface area contributed by atoms with Crippen molar-refractivity contribution < 1.29 is 14.3 Å². The van der Waals surface area contributed by atoms with Crippen LogP contribution in [0.3, 0.4) is 0 Å². The van der Waals surface area contributed by atoms with Gasteiger partial charge in [0.1, 0.15) is 0 Å².